The third kappa shape index (κ3) is 5.30. The van der Waals surface area contributed by atoms with Crippen LogP contribution in [-0.2, 0) is 4.79 Å². The molecule has 0 atom stereocenters. The minimum absolute atomic E-state index is 0.0135. The topological polar surface area (TPSA) is 53.8 Å². The van der Waals surface area contributed by atoms with Crippen molar-refractivity contribution in [2.45, 2.75) is 46.0 Å². The van der Waals surface area contributed by atoms with Gasteiger partial charge >= 0.3 is 0 Å². The summed E-state index contributed by atoms with van der Waals surface area (Å²) >= 11 is 1.41. The normalized spacial score (nSPS) is 19.2. The zero-order valence-corrected chi connectivity index (χ0v) is 10.8. The first-order valence-corrected chi connectivity index (χ1v) is 6.74. The van der Waals surface area contributed by atoms with Crippen LogP contribution in [0, 0.1) is 0 Å². The highest BCUT2D eigenvalue weighted by atomic mass is 32.2. The molecule has 5 heteroatoms. The Hall–Kier alpha value is -0.840. The lowest BCUT2D eigenvalue weighted by atomic mass is 10.1. The van der Waals surface area contributed by atoms with Crippen LogP contribution in [0.1, 0.15) is 46.0 Å². The van der Waals surface area contributed by atoms with Gasteiger partial charge in [-0.25, -0.2) is 0 Å². The Bertz CT molecular complexity index is 300. The molecule has 0 bridgehead atoms. The second kappa shape index (κ2) is 7.44. The minimum Gasteiger partial charge on any atom is -0.303 e. The monoisotopic (exact) mass is 241 g/mol. The summed E-state index contributed by atoms with van der Waals surface area (Å²) in [6, 6.07) is 0. The fraction of sp³-hybridized carbons (Fsp3) is 0.727. The standard InChI is InChI=1S/C11H19N3OS/c1-3-4-5-6-7-9(2)13-14-11-12-10(15)8-16-11/h3-8H2,1-2H3,(H,12,14,15)/b13-9+. The van der Waals surface area contributed by atoms with E-state index in [1.807, 2.05) is 6.92 Å². The van der Waals surface area contributed by atoms with Gasteiger partial charge in [0.2, 0.25) is 5.91 Å². The zero-order valence-electron chi connectivity index (χ0n) is 9.95. The van der Waals surface area contributed by atoms with Gasteiger partial charge in [0.05, 0.1) is 5.75 Å². The molecule has 0 aromatic heterocycles. The third-order valence-electron chi connectivity index (χ3n) is 2.29. The number of rotatable bonds is 6. The Morgan fingerprint density at radius 3 is 2.88 bits per heavy atom. The minimum atomic E-state index is 0.0135. The molecule has 4 nitrogen and oxygen atoms in total. The third-order valence-corrected chi connectivity index (χ3v) is 3.15. The SMILES string of the molecule is CCCCCC/C(C)=N/N=C1/NC(=O)CS1. The van der Waals surface area contributed by atoms with Gasteiger partial charge in [0.15, 0.2) is 5.17 Å². The fourth-order valence-corrected chi connectivity index (χ4v) is 1.99. The Labute approximate surface area is 101 Å². The van der Waals surface area contributed by atoms with E-state index >= 15 is 0 Å². The molecule has 0 spiro atoms. The van der Waals surface area contributed by atoms with Crippen molar-refractivity contribution in [1.82, 2.24) is 5.32 Å². The number of carbonyl (C=O) groups is 1. The summed E-state index contributed by atoms with van der Waals surface area (Å²) in [6.07, 6.45) is 5.96. The van der Waals surface area contributed by atoms with E-state index in [1.54, 1.807) is 0 Å². The molecule has 90 valence electrons. The van der Waals surface area contributed by atoms with Gasteiger partial charge in [-0.15, -0.1) is 5.10 Å². The number of amidine groups is 1. The smallest absolute Gasteiger partial charge is 0.236 e. The molecule has 0 aromatic rings. The average molecular weight is 241 g/mol. The number of nitrogens with zero attached hydrogens (tertiary/aromatic N) is 2. The molecular weight excluding hydrogens is 222 g/mol. The number of nitrogens with one attached hydrogen (secondary N) is 1. The van der Waals surface area contributed by atoms with E-state index in [0.29, 0.717) is 10.9 Å². The van der Waals surface area contributed by atoms with Crippen molar-refractivity contribution in [3.63, 3.8) is 0 Å². The molecule has 16 heavy (non-hydrogen) atoms. The summed E-state index contributed by atoms with van der Waals surface area (Å²) in [7, 11) is 0. The number of hydrogen-bond donors (Lipinski definition) is 1. The molecule has 0 unspecified atom stereocenters. The highest BCUT2D eigenvalue weighted by molar-refractivity contribution is 8.15. The second-order valence-corrected chi connectivity index (χ2v) is 4.85. The molecule has 1 amide bonds. The Balaban J connectivity index is 2.25. The van der Waals surface area contributed by atoms with Gasteiger partial charge in [0.25, 0.3) is 0 Å². The lowest BCUT2D eigenvalue weighted by Crippen LogP contribution is -2.19. The van der Waals surface area contributed by atoms with Crippen molar-refractivity contribution in [3.8, 4) is 0 Å². The van der Waals surface area contributed by atoms with Gasteiger partial charge in [-0.05, 0) is 19.8 Å². The predicted octanol–water partition coefficient (Wildman–Crippen LogP) is 2.55. The van der Waals surface area contributed by atoms with Crippen LogP contribution in [0.4, 0.5) is 0 Å². The van der Waals surface area contributed by atoms with Gasteiger partial charge in [0.1, 0.15) is 0 Å². The van der Waals surface area contributed by atoms with E-state index in [1.165, 1.54) is 37.4 Å². The van der Waals surface area contributed by atoms with Gasteiger partial charge < -0.3 is 5.32 Å². The number of amides is 1. The van der Waals surface area contributed by atoms with Crippen LogP contribution in [0.5, 0.6) is 0 Å². The van der Waals surface area contributed by atoms with E-state index in [4.69, 9.17) is 0 Å². The first-order chi connectivity index (χ1) is 7.72. The van der Waals surface area contributed by atoms with Crippen LogP contribution in [0.25, 0.3) is 0 Å². The average Bonchev–Trinajstić information content (AvgIpc) is 2.68. The van der Waals surface area contributed by atoms with Crippen LogP contribution in [0.3, 0.4) is 0 Å². The summed E-state index contributed by atoms with van der Waals surface area (Å²) in [5, 5.41) is 11.4. The van der Waals surface area contributed by atoms with Crippen molar-refractivity contribution in [2.24, 2.45) is 10.2 Å². The van der Waals surface area contributed by atoms with E-state index in [-0.39, 0.29) is 5.91 Å². The molecule has 1 aliphatic heterocycles. The maximum Gasteiger partial charge on any atom is 0.236 e. The highest BCUT2D eigenvalue weighted by Crippen LogP contribution is 2.09. The van der Waals surface area contributed by atoms with Crippen LogP contribution in [0.2, 0.25) is 0 Å². The Morgan fingerprint density at radius 2 is 2.25 bits per heavy atom. The highest BCUT2D eigenvalue weighted by Gasteiger charge is 2.15. The van der Waals surface area contributed by atoms with Crippen molar-refractivity contribution in [3.05, 3.63) is 0 Å². The Kier molecular flexibility index (Phi) is 6.15. The van der Waals surface area contributed by atoms with Crippen molar-refractivity contribution >= 4 is 28.5 Å². The van der Waals surface area contributed by atoms with Crippen molar-refractivity contribution < 1.29 is 4.79 Å². The van der Waals surface area contributed by atoms with Crippen LogP contribution in [0.15, 0.2) is 10.2 Å². The summed E-state index contributed by atoms with van der Waals surface area (Å²) < 4.78 is 0. The van der Waals surface area contributed by atoms with Crippen molar-refractivity contribution in [2.75, 3.05) is 5.75 Å². The van der Waals surface area contributed by atoms with Crippen LogP contribution < -0.4 is 5.32 Å². The maximum absolute atomic E-state index is 10.9. The quantitative estimate of drug-likeness (QED) is 0.441. The second-order valence-electron chi connectivity index (χ2n) is 3.89. The number of unbranched alkanes of at least 4 members (excludes halogenated alkanes) is 3. The Morgan fingerprint density at radius 1 is 1.44 bits per heavy atom. The van der Waals surface area contributed by atoms with Crippen LogP contribution in [-0.4, -0.2) is 22.5 Å². The largest absolute Gasteiger partial charge is 0.303 e. The van der Waals surface area contributed by atoms with Gasteiger partial charge in [0, 0.05) is 5.71 Å². The van der Waals surface area contributed by atoms with Crippen LogP contribution >= 0.6 is 11.8 Å². The molecule has 0 saturated carbocycles. The summed E-state index contributed by atoms with van der Waals surface area (Å²) in [5.74, 6) is 0.476. The molecular formula is C11H19N3OS. The fourth-order valence-electron chi connectivity index (χ4n) is 1.37. The van der Waals surface area contributed by atoms with Gasteiger partial charge in [-0.3, -0.25) is 4.79 Å². The van der Waals surface area contributed by atoms with Gasteiger partial charge in [-0.1, -0.05) is 37.9 Å². The van der Waals surface area contributed by atoms with E-state index in [2.05, 4.69) is 22.4 Å². The lowest BCUT2D eigenvalue weighted by Gasteiger charge is -1.98. The van der Waals surface area contributed by atoms with Gasteiger partial charge in [-0.2, -0.15) is 5.10 Å². The number of hydrogen-bond acceptors (Lipinski definition) is 4. The molecule has 1 aliphatic rings. The summed E-state index contributed by atoms with van der Waals surface area (Å²) in [4.78, 5) is 10.9. The van der Waals surface area contributed by atoms with E-state index < -0.39 is 0 Å². The molecule has 1 rings (SSSR count). The molecule has 1 saturated heterocycles. The maximum atomic E-state index is 10.9. The molecule has 0 aromatic carbocycles. The number of thioether (sulfide) groups is 1. The zero-order chi connectivity index (χ0) is 11.8. The first-order valence-electron chi connectivity index (χ1n) is 5.76. The number of carbonyl (C=O) groups excluding carboxylic acids is 1. The van der Waals surface area contributed by atoms with E-state index in [9.17, 15) is 4.79 Å². The predicted molar refractivity (Wildman–Crippen MR) is 69.9 cm³/mol. The lowest BCUT2D eigenvalue weighted by molar-refractivity contribution is -0.116. The molecule has 0 aliphatic carbocycles. The van der Waals surface area contributed by atoms with E-state index in [0.717, 1.165) is 12.1 Å². The summed E-state index contributed by atoms with van der Waals surface area (Å²) in [5.41, 5.74) is 1.03. The molecule has 1 heterocycles. The van der Waals surface area contributed by atoms with Crippen molar-refractivity contribution in [1.29, 1.82) is 0 Å². The molecule has 1 N–H and O–H groups in total. The molecule has 1 fully saturated rings. The molecule has 0 radical (unpaired) electrons. The summed E-state index contributed by atoms with van der Waals surface area (Å²) in [6.45, 7) is 4.18. The first kappa shape index (κ1) is 13.2.